The first-order chi connectivity index (χ1) is 7.49. The van der Waals surface area contributed by atoms with Crippen molar-refractivity contribution in [3.8, 4) is 0 Å². The summed E-state index contributed by atoms with van der Waals surface area (Å²) in [5, 5.41) is 11.1. The lowest BCUT2D eigenvalue weighted by molar-refractivity contribution is -0.319. The molecule has 0 aliphatic carbocycles. The van der Waals surface area contributed by atoms with Crippen LogP contribution in [-0.4, -0.2) is 5.97 Å². The van der Waals surface area contributed by atoms with E-state index < -0.39 is 11.4 Å². The van der Waals surface area contributed by atoms with E-state index in [1.807, 2.05) is 37.3 Å². The summed E-state index contributed by atoms with van der Waals surface area (Å²) in [6.45, 7) is 5.72. The van der Waals surface area contributed by atoms with Crippen molar-refractivity contribution in [2.45, 2.75) is 39.5 Å². The molecule has 2 unspecified atom stereocenters. The SMILES string of the molecule is CCC(C)(CC(C)c1ccccc1)C(=O)[O-]. The molecule has 0 N–H and O–H groups in total. The highest BCUT2D eigenvalue weighted by Crippen LogP contribution is 2.33. The molecule has 1 aromatic rings. The Labute approximate surface area is 97.3 Å². The molecule has 2 nitrogen and oxygen atoms in total. The van der Waals surface area contributed by atoms with Gasteiger partial charge in [-0.15, -0.1) is 0 Å². The smallest absolute Gasteiger partial charge is 0.0473 e. The highest BCUT2D eigenvalue weighted by atomic mass is 16.4. The van der Waals surface area contributed by atoms with Gasteiger partial charge in [0.1, 0.15) is 0 Å². The van der Waals surface area contributed by atoms with E-state index in [4.69, 9.17) is 0 Å². The van der Waals surface area contributed by atoms with Gasteiger partial charge in [0.2, 0.25) is 0 Å². The first kappa shape index (κ1) is 12.8. The van der Waals surface area contributed by atoms with Crippen LogP contribution in [0.1, 0.15) is 45.1 Å². The molecule has 0 aliphatic rings. The Morgan fingerprint density at radius 2 is 1.94 bits per heavy atom. The van der Waals surface area contributed by atoms with E-state index in [0.29, 0.717) is 12.8 Å². The minimum absolute atomic E-state index is 0.240. The van der Waals surface area contributed by atoms with E-state index in [2.05, 4.69) is 6.92 Å². The van der Waals surface area contributed by atoms with E-state index in [-0.39, 0.29) is 5.92 Å². The van der Waals surface area contributed by atoms with Crippen LogP contribution in [0.5, 0.6) is 0 Å². The zero-order valence-corrected chi connectivity index (χ0v) is 10.2. The first-order valence-electron chi connectivity index (χ1n) is 5.76. The number of aliphatic carboxylic acids is 1. The van der Waals surface area contributed by atoms with Gasteiger partial charge in [0, 0.05) is 11.4 Å². The largest absolute Gasteiger partial charge is 0.550 e. The lowest BCUT2D eigenvalue weighted by Crippen LogP contribution is -2.40. The second kappa shape index (κ2) is 5.15. The van der Waals surface area contributed by atoms with Crippen LogP contribution in [0.3, 0.4) is 0 Å². The minimum Gasteiger partial charge on any atom is -0.550 e. The van der Waals surface area contributed by atoms with Crippen molar-refractivity contribution < 1.29 is 9.90 Å². The maximum absolute atomic E-state index is 11.1. The molecule has 1 aromatic carbocycles. The summed E-state index contributed by atoms with van der Waals surface area (Å²) in [6.07, 6.45) is 1.22. The molecule has 16 heavy (non-hydrogen) atoms. The molecular weight excluding hydrogens is 200 g/mol. The number of benzene rings is 1. The second-order valence-electron chi connectivity index (χ2n) is 4.72. The quantitative estimate of drug-likeness (QED) is 0.762. The molecule has 0 radical (unpaired) electrons. The summed E-state index contributed by atoms with van der Waals surface area (Å²) >= 11 is 0. The van der Waals surface area contributed by atoms with Crippen molar-refractivity contribution in [2.75, 3.05) is 0 Å². The van der Waals surface area contributed by atoms with Crippen LogP contribution in [-0.2, 0) is 4.79 Å². The molecule has 2 atom stereocenters. The number of hydrogen-bond acceptors (Lipinski definition) is 2. The van der Waals surface area contributed by atoms with Gasteiger partial charge in [0.05, 0.1) is 0 Å². The van der Waals surface area contributed by atoms with Crippen LogP contribution in [0.15, 0.2) is 30.3 Å². The molecule has 88 valence electrons. The fourth-order valence-electron chi connectivity index (χ4n) is 1.95. The Morgan fingerprint density at radius 3 is 2.38 bits per heavy atom. The second-order valence-corrected chi connectivity index (χ2v) is 4.72. The van der Waals surface area contributed by atoms with Gasteiger partial charge in [-0.25, -0.2) is 0 Å². The van der Waals surface area contributed by atoms with E-state index in [9.17, 15) is 9.90 Å². The average Bonchev–Trinajstić information content (AvgIpc) is 2.29. The van der Waals surface area contributed by atoms with E-state index in [0.717, 1.165) is 0 Å². The summed E-state index contributed by atoms with van der Waals surface area (Å²) in [5.74, 6) is -0.707. The third kappa shape index (κ3) is 2.84. The van der Waals surface area contributed by atoms with Crippen molar-refractivity contribution in [3.05, 3.63) is 35.9 Å². The Hall–Kier alpha value is -1.31. The zero-order chi connectivity index (χ0) is 12.2. The molecule has 0 fully saturated rings. The fourth-order valence-corrected chi connectivity index (χ4v) is 1.95. The van der Waals surface area contributed by atoms with Gasteiger partial charge >= 0.3 is 0 Å². The number of carbonyl (C=O) groups excluding carboxylic acids is 1. The van der Waals surface area contributed by atoms with Gasteiger partial charge in [-0.05, 0) is 24.3 Å². The van der Waals surface area contributed by atoms with Gasteiger partial charge < -0.3 is 9.90 Å². The Kier molecular flexibility index (Phi) is 4.11. The topological polar surface area (TPSA) is 40.1 Å². The molecule has 0 bridgehead atoms. The molecular formula is C14H19O2-. The Balaban J connectivity index is 2.78. The molecule has 1 rings (SSSR count). The summed E-state index contributed by atoms with van der Waals surface area (Å²) in [5.41, 5.74) is 0.457. The molecule has 0 aromatic heterocycles. The summed E-state index contributed by atoms with van der Waals surface area (Å²) in [6, 6.07) is 10.0. The van der Waals surface area contributed by atoms with E-state index in [1.54, 1.807) is 6.92 Å². The van der Waals surface area contributed by atoms with Gasteiger partial charge in [-0.3, -0.25) is 0 Å². The lowest BCUT2D eigenvalue weighted by atomic mass is 9.77. The first-order valence-corrected chi connectivity index (χ1v) is 5.76. The van der Waals surface area contributed by atoms with Crippen LogP contribution in [0.4, 0.5) is 0 Å². The van der Waals surface area contributed by atoms with Gasteiger partial charge in [0.25, 0.3) is 0 Å². The van der Waals surface area contributed by atoms with E-state index >= 15 is 0 Å². The molecule has 0 spiro atoms. The molecule has 0 amide bonds. The predicted octanol–water partition coefficient (Wildman–Crippen LogP) is 2.35. The van der Waals surface area contributed by atoms with Gasteiger partial charge in [-0.2, -0.15) is 0 Å². The highest BCUT2D eigenvalue weighted by Gasteiger charge is 2.26. The predicted molar refractivity (Wildman–Crippen MR) is 62.9 cm³/mol. The van der Waals surface area contributed by atoms with Crippen LogP contribution in [0.25, 0.3) is 0 Å². The van der Waals surface area contributed by atoms with Crippen LogP contribution < -0.4 is 5.11 Å². The summed E-state index contributed by atoms with van der Waals surface area (Å²) in [4.78, 5) is 11.1. The average molecular weight is 219 g/mol. The normalized spacial score (nSPS) is 16.4. The zero-order valence-electron chi connectivity index (χ0n) is 10.2. The van der Waals surface area contributed by atoms with Crippen LogP contribution >= 0.6 is 0 Å². The maximum atomic E-state index is 11.1. The number of hydrogen-bond donors (Lipinski definition) is 0. The standard InChI is InChI=1S/C14H20O2/c1-4-14(3,13(15)16)10-11(2)12-8-6-5-7-9-12/h5-9,11H,4,10H2,1-3H3,(H,15,16)/p-1. The molecule has 0 aliphatic heterocycles. The number of carboxylic acid groups (broad SMARTS) is 1. The number of rotatable bonds is 5. The van der Waals surface area contributed by atoms with Crippen molar-refractivity contribution in [1.82, 2.24) is 0 Å². The maximum Gasteiger partial charge on any atom is 0.0473 e. The van der Waals surface area contributed by atoms with Crippen molar-refractivity contribution >= 4 is 5.97 Å². The number of carboxylic acids is 1. The van der Waals surface area contributed by atoms with Crippen molar-refractivity contribution in [2.24, 2.45) is 5.41 Å². The van der Waals surface area contributed by atoms with Crippen molar-refractivity contribution in [3.63, 3.8) is 0 Å². The van der Waals surface area contributed by atoms with Gasteiger partial charge in [0.15, 0.2) is 0 Å². The Morgan fingerprint density at radius 1 is 1.38 bits per heavy atom. The minimum atomic E-state index is -0.946. The summed E-state index contributed by atoms with van der Waals surface area (Å²) in [7, 11) is 0. The summed E-state index contributed by atoms with van der Waals surface area (Å²) < 4.78 is 0. The third-order valence-corrected chi connectivity index (χ3v) is 3.40. The molecule has 0 saturated heterocycles. The molecule has 2 heteroatoms. The molecule has 0 heterocycles. The number of carbonyl (C=O) groups is 1. The fraction of sp³-hybridized carbons (Fsp3) is 0.500. The Bertz CT molecular complexity index is 345. The van der Waals surface area contributed by atoms with E-state index in [1.165, 1.54) is 5.56 Å². The lowest BCUT2D eigenvalue weighted by Gasteiger charge is -2.32. The van der Waals surface area contributed by atoms with Crippen LogP contribution in [0.2, 0.25) is 0 Å². The third-order valence-electron chi connectivity index (χ3n) is 3.40. The highest BCUT2D eigenvalue weighted by molar-refractivity contribution is 5.71. The van der Waals surface area contributed by atoms with Gasteiger partial charge in [-0.1, -0.05) is 51.1 Å². The monoisotopic (exact) mass is 219 g/mol. The van der Waals surface area contributed by atoms with Crippen molar-refractivity contribution in [1.29, 1.82) is 0 Å². The molecule has 0 saturated carbocycles. The van der Waals surface area contributed by atoms with Crippen LogP contribution in [0, 0.1) is 5.41 Å².